The SMILES string of the molecule is C=C[C@@H](N)c1sc2ccccc2c1Cl. The summed E-state index contributed by atoms with van der Waals surface area (Å²) in [6.07, 6.45) is 1.70. The van der Waals surface area contributed by atoms with Gasteiger partial charge in [0.25, 0.3) is 0 Å². The highest BCUT2D eigenvalue weighted by Crippen LogP contribution is 2.38. The Hall–Kier alpha value is -0.830. The van der Waals surface area contributed by atoms with Gasteiger partial charge in [0.1, 0.15) is 0 Å². The van der Waals surface area contributed by atoms with Gasteiger partial charge in [-0.3, -0.25) is 0 Å². The molecule has 0 aliphatic carbocycles. The molecule has 0 aliphatic rings. The van der Waals surface area contributed by atoms with Gasteiger partial charge >= 0.3 is 0 Å². The van der Waals surface area contributed by atoms with Crippen LogP contribution >= 0.6 is 22.9 Å². The molecule has 14 heavy (non-hydrogen) atoms. The van der Waals surface area contributed by atoms with Gasteiger partial charge in [0.15, 0.2) is 0 Å². The Bertz CT molecular complexity index is 475. The van der Waals surface area contributed by atoms with E-state index in [1.54, 1.807) is 17.4 Å². The fraction of sp³-hybridized carbons (Fsp3) is 0.0909. The van der Waals surface area contributed by atoms with Crippen molar-refractivity contribution in [1.82, 2.24) is 0 Å². The largest absolute Gasteiger partial charge is 0.320 e. The maximum Gasteiger partial charge on any atom is 0.0643 e. The van der Waals surface area contributed by atoms with E-state index in [0.717, 1.165) is 15.3 Å². The second-order valence-electron chi connectivity index (χ2n) is 3.04. The minimum absolute atomic E-state index is 0.167. The Labute approximate surface area is 91.8 Å². The molecule has 0 unspecified atom stereocenters. The molecular weight excluding hydrogens is 214 g/mol. The lowest BCUT2D eigenvalue weighted by Crippen LogP contribution is -2.04. The Balaban J connectivity index is 2.68. The maximum atomic E-state index is 6.21. The molecule has 0 amide bonds. The molecule has 0 spiro atoms. The highest BCUT2D eigenvalue weighted by atomic mass is 35.5. The van der Waals surface area contributed by atoms with E-state index in [9.17, 15) is 0 Å². The van der Waals surface area contributed by atoms with E-state index >= 15 is 0 Å². The zero-order chi connectivity index (χ0) is 10.1. The summed E-state index contributed by atoms with van der Waals surface area (Å²) in [5, 5.41) is 1.84. The summed E-state index contributed by atoms with van der Waals surface area (Å²) in [5.41, 5.74) is 5.87. The van der Waals surface area contributed by atoms with Crippen molar-refractivity contribution >= 4 is 33.0 Å². The van der Waals surface area contributed by atoms with Crippen molar-refractivity contribution in [2.75, 3.05) is 0 Å². The van der Waals surface area contributed by atoms with Gasteiger partial charge in [0, 0.05) is 15.0 Å². The molecular formula is C11H10ClNS. The molecule has 1 aromatic heterocycles. The van der Waals surface area contributed by atoms with Crippen LogP contribution in [0.4, 0.5) is 0 Å². The van der Waals surface area contributed by atoms with Crippen LogP contribution in [0.25, 0.3) is 10.1 Å². The first kappa shape index (κ1) is 9.71. The Morgan fingerprint density at radius 3 is 2.79 bits per heavy atom. The molecule has 0 bridgehead atoms. The molecule has 1 heterocycles. The predicted octanol–water partition coefficient (Wildman–Crippen LogP) is 3.74. The molecule has 2 aromatic rings. The summed E-state index contributed by atoms with van der Waals surface area (Å²) in [7, 11) is 0. The lowest BCUT2D eigenvalue weighted by molar-refractivity contribution is 0.941. The van der Waals surface area contributed by atoms with E-state index in [1.165, 1.54) is 4.70 Å². The van der Waals surface area contributed by atoms with Crippen molar-refractivity contribution in [2.24, 2.45) is 5.73 Å². The fourth-order valence-corrected chi connectivity index (χ4v) is 2.91. The van der Waals surface area contributed by atoms with E-state index in [-0.39, 0.29) is 6.04 Å². The summed E-state index contributed by atoms with van der Waals surface area (Å²) in [6.45, 7) is 3.67. The van der Waals surface area contributed by atoms with E-state index in [2.05, 4.69) is 6.58 Å². The van der Waals surface area contributed by atoms with Crippen LogP contribution in [0.1, 0.15) is 10.9 Å². The molecule has 2 N–H and O–H groups in total. The minimum atomic E-state index is -0.167. The van der Waals surface area contributed by atoms with E-state index in [1.807, 2.05) is 24.3 Å². The molecule has 3 heteroatoms. The van der Waals surface area contributed by atoms with Crippen molar-refractivity contribution in [3.05, 3.63) is 46.8 Å². The molecule has 0 fully saturated rings. The van der Waals surface area contributed by atoms with Gasteiger partial charge in [0.2, 0.25) is 0 Å². The van der Waals surface area contributed by atoms with Crippen molar-refractivity contribution in [3.8, 4) is 0 Å². The number of nitrogens with two attached hydrogens (primary N) is 1. The second-order valence-corrected chi connectivity index (χ2v) is 4.50. The summed E-state index contributed by atoms with van der Waals surface area (Å²) < 4.78 is 1.17. The summed E-state index contributed by atoms with van der Waals surface area (Å²) in [5.74, 6) is 0. The monoisotopic (exact) mass is 223 g/mol. The normalized spacial score (nSPS) is 13.0. The first-order valence-corrected chi connectivity index (χ1v) is 5.48. The van der Waals surface area contributed by atoms with Crippen molar-refractivity contribution in [2.45, 2.75) is 6.04 Å². The van der Waals surface area contributed by atoms with Crippen LogP contribution < -0.4 is 5.73 Å². The number of hydrogen-bond donors (Lipinski definition) is 1. The van der Waals surface area contributed by atoms with Gasteiger partial charge in [-0.05, 0) is 6.07 Å². The number of benzene rings is 1. The molecule has 1 aromatic carbocycles. The number of fused-ring (bicyclic) bond motifs is 1. The van der Waals surface area contributed by atoms with Crippen LogP contribution in [0.2, 0.25) is 5.02 Å². The molecule has 0 radical (unpaired) electrons. The van der Waals surface area contributed by atoms with Crippen LogP contribution in [0.15, 0.2) is 36.9 Å². The van der Waals surface area contributed by atoms with Crippen molar-refractivity contribution in [1.29, 1.82) is 0 Å². The number of rotatable bonds is 2. The predicted molar refractivity (Wildman–Crippen MR) is 64.0 cm³/mol. The highest BCUT2D eigenvalue weighted by Gasteiger charge is 2.13. The van der Waals surface area contributed by atoms with Crippen LogP contribution in [0.3, 0.4) is 0 Å². The first-order chi connectivity index (χ1) is 6.74. The molecule has 2 rings (SSSR count). The summed E-state index contributed by atoms with van der Waals surface area (Å²) in [6, 6.07) is 7.86. The summed E-state index contributed by atoms with van der Waals surface area (Å²) >= 11 is 7.84. The van der Waals surface area contributed by atoms with Gasteiger partial charge in [-0.1, -0.05) is 35.9 Å². The van der Waals surface area contributed by atoms with Gasteiger partial charge in [-0.15, -0.1) is 17.9 Å². The molecule has 0 saturated carbocycles. The average molecular weight is 224 g/mol. The zero-order valence-electron chi connectivity index (χ0n) is 7.53. The Morgan fingerprint density at radius 1 is 1.43 bits per heavy atom. The van der Waals surface area contributed by atoms with Gasteiger partial charge in [0.05, 0.1) is 11.1 Å². The topological polar surface area (TPSA) is 26.0 Å². The number of hydrogen-bond acceptors (Lipinski definition) is 2. The first-order valence-electron chi connectivity index (χ1n) is 4.29. The van der Waals surface area contributed by atoms with E-state index in [4.69, 9.17) is 17.3 Å². The lowest BCUT2D eigenvalue weighted by Gasteiger charge is -2.01. The van der Waals surface area contributed by atoms with E-state index in [0.29, 0.717) is 0 Å². The van der Waals surface area contributed by atoms with Crippen LogP contribution in [0.5, 0.6) is 0 Å². The third-order valence-electron chi connectivity index (χ3n) is 2.12. The average Bonchev–Trinajstić information content (AvgIpc) is 2.56. The summed E-state index contributed by atoms with van der Waals surface area (Å²) in [4.78, 5) is 0.989. The van der Waals surface area contributed by atoms with Crippen LogP contribution in [-0.4, -0.2) is 0 Å². The number of thiophene rings is 1. The third-order valence-corrected chi connectivity index (χ3v) is 3.91. The molecule has 72 valence electrons. The van der Waals surface area contributed by atoms with Gasteiger partial charge < -0.3 is 5.73 Å². The minimum Gasteiger partial charge on any atom is -0.320 e. The molecule has 1 atom stereocenters. The molecule has 1 nitrogen and oxygen atoms in total. The molecule has 0 aliphatic heterocycles. The Kier molecular flexibility index (Phi) is 2.59. The Morgan fingerprint density at radius 2 is 2.14 bits per heavy atom. The smallest absolute Gasteiger partial charge is 0.0643 e. The van der Waals surface area contributed by atoms with Crippen LogP contribution in [0, 0.1) is 0 Å². The number of halogens is 1. The van der Waals surface area contributed by atoms with Crippen molar-refractivity contribution in [3.63, 3.8) is 0 Å². The van der Waals surface area contributed by atoms with Gasteiger partial charge in [-0.25, -0.2) is 0 Å². The third kappa shape index (κ3) is 1.46. The lowest BCUT2D eigenvalue weighted by atomic mass is 10.2. The fourth-order valence-electron chi connectivity index (χ4n) is 1.35. The second kappa shape index (κ2) is 3.73. The van der Waals surface area contributed by atoms with Gasteiger partial charge in [-0.2, -0.15) is 0 Å². The van der Waals surface area contributed by atoms with E-state index < -0.39 is 0 Å². The maximum absolute atomic E-state index is 6.21. The quantitative estimate of drug-likeness (QED) is 0.772. The highest BCUT2D eigenvalue weighted by molar-refractivity contribution is 7.19. The van der Waals surface area contributed by atoms with Crippen LogP contribution in [-0.2, 0) is 0 Å². The van der Waals surface area contributed by atoms with Crippen molar-refractivity contribution < 1.29 is 0 Å². The zero-order valence-corrected chi connectivity index (χ0v) is 9.11. The molecule has 0 saturated heterocycles. The standard InChI is InChI=1S/C11H10ClNS/c1-2-8(13)11-10(12)7-5-3-4-6-9(7)14-11/h2-6,8H,1,13H2/t8-/m1/s1.